The van der Waals surface area contributed by atoms with Crippen LogP contribution in [0.15, 0.2) is 23.8 Å². The van der Waals surface area contributed by atoms with E-state index in [1.807, 2.05) is 6.20 Å². The highest BCUT2D eigenvalue weighted by molar-refractivity contribution is 14.0. The quantitative estimate of drug-likeness (QED) is 0.353. The standard InChI is InChI=1S/C12H20N6.HI/c1-2-7-18-9-11(16-17-18)8-14-12(13)15-10-5-3-4-6-10;/h2,9-10H,1,3-8H2,(H3,13,14,15);1H. The van der Waals surface area contributed by atoms with Crippen molar-refractivity contribution in [2.45, 2.75) is 44.8 Å². The lowest BCUT2D eigenvalue weighted by Gasteiger charge is -2.11. The Hall–Kier alpha value is -1.12. The Bertz CT molecular complexity index is 422. The van der Waals surface area contributed by atoms with E-state index in [9.17, 15) is 0 Å². The largest absolute Gasteiger partial charge is 0.370 e. The molecule has 0 saturated heterocycles. The van der Waals surface area contributed by atoms with Crippen molar-refractivity contribution in [1.82, 2.24) is 20.3 Å². The molecule has 1 aromatic heterocycles. The second-order valence-corrected chi connectivity index (χ2v) is 4.55. The molecular formula is C12H21IN6. The first kappa shape index (κ1) is 15.9. The van der Waals surface area contributed by atoms with Crippen LogP contribution in [0.4, 0.5) is 0 Å². The van der Waals surface area contributed by atoms with Crippen LogP contribution in [0.3, 0.4) is 0 Å². The van der Waals surface area contributed by atoms with Crippen molar-refractivity contribution in [3.8, 4) is 0 Å². The zero-order valence-corrected chi connectivity index (χ0v) is 13.3. The van der Waals surface area contributed by atoms with Gasteiger partial charge in [-0.1, -0.05) is 24.1 Å². The average Bonchev–Trinajstić information content (AvgIpc) is 2.99. The first-order valence-corrected chi connectivity index (χ1v) is 6.34. The van der Waals surface area contributed by atoms with Gasteiger partial charge in [-0.15, -0.1) is 35.7 Å². The zero-order chi connectivity index (χ0) is 12.8. The van der Waals surface area contributed by atoms with Crippen molar-refractivity contribution >= 4 is 29.9 Å². The summed E-state index contributed by atoms with van der Waals surface area (Å²) in [7, 11) is 0. The topological polar surface area (TPSA) is 81.1 Å². The Morgan fingerprint density at radius 3 is 3.00 bits per heavy atom. The first-order valence-electron chi connectivity index (χ1n) is 6.34. The highest BCUT2D eigenvalue weighted by Crippen LogP contribution is 2.17. The van der Waals surface area contributed by atoms with Crippen LogP contribution >= 0.6 is 24.0 Å². The Balaban J connectivity index is 0.00000180. The van der Waals surface area contributed by atoms with Crippen molar-refractivity contribution < 1.29 is 0 Å². The van der Waals surface area contributed by atoms with Gasteiger partial charge in [0.1, 0.15) is 5.69 Å². The summed E-state index contributed by atoms with van der Waals surface area (Å²) in [4.78, 5) is 4.27. The van der Waals surface area contributed by atoms with E-state index in [4.69, 9.17) is 5.73 Å². The van der Waals surface area contributed by atoms with Crippen molar-refractivity contribution in [2.75, 3.05) is 0 Å². The molecule has 1 fully saturated rings. The third-order valence-corrected chi connectivity index (χ3v) is 3.02. The van der Waals surface area contributed by atoms with Crippen molar-refractivity contribution in [2.24, 2.45) is 10.7 Å². The van der Waals surface area contributed by atoms with Crippen LogP contribution in [0.5, 0.6) is 0 Å². The van der Waals surface area contributed by atoms with Crippen LogP contribution in [0.2, 0.25) is 0 Å². The summed E-state index contributed by atoms with van der Waals surface area (Å²) in [6.45, 7) is 4.77. The minimum absolute atomic E-state index is 0. The summed E-state index contributed by atoms with van der Waals surface area (Å²) in [5, 5.41) is 11.2. The summed E-state index contributed by atoms with van der Waals surface area (Å²) in [5.41, 5.74) is 6.65. The molecule has 0 unspecified atom stereocenters. The summed E-state index contributed by atoms with van der Waals surface area (Å²) in [5.74, 6) is 0.500. The molecule has 0 bridgehead atoms. The summed E-state index contributed by atoms with van der Waals surface area (Å²) >= 11 is 0. The molecule has 3 N–H and O–H groups in total. The predicted octanol–water partition coefficient (Wildman–Crippen LogP) is 1.43. The molecule has 0 atom stereocenters. The maximum absolute atomic E-state index is 5.83. The monoisotopic (exact) mass is 376 g/mol. The van der Waals surface area contributed by atoms with Gasteiger partial charge in [-0.05, 0) is 12.8 Å². The van der Waals surface area contributed by atoms with Gasteiger partial charge in [-0.2, -0.15) is 0 Å². The number of hydrogen-bond acceptors (Lipinski definition) is 3. The van der Waals surface area contributed by atoms with E-state index in [0.29, 0.717) is 25.1 Å². The molecular weight excluding hydrogens is 355 g/mol. The molecule has 0 spiro atoms. The predicted molar refractivity (Wildman–Crippen MR) is 86.4 cm³/mol. The van der Waals surface area contributed by atoms with Crippen LogP contribution in [0, 0.1) is 0 Å². The number of guanidine groups is 1. The summed E-state index contributed by atoms with van der Waals surface area (Å²) < 4.78 is 1.72. The number of nitrogens with two attached hydrogens (primary N) is 1. The summed E-state index contributed by atoms with van der Waals surface area (Å²) in [6, 6.07) is 0.491. The fourth-order valence-corrected chi connectivity index (χ4v) is 2.12. The van der Waals surface area contributed by atoms with Gasteiger partial charge in [0.15, 0.2) is 5.96 Å². The van der Waals surface area contributed by atoms with Crippen LogP contribution in [0.1, 0.15) is 31.4 Å². The Kier molecular flexibility index (Phi) is 6.82. The molecule has 1 aromatic rings. The van der Waals surface area contributed by atoms with E-state index in [0.717, 1.165) is 5.69 Å². The third kappa shape index (κ3) is 5.17. The van der Waals surface area contributed by atoms with Gasteiger partial charge in [0, 0.05) is 6.04 Å². The molecule has 0 radical (unpaired) electrons. The van der Waals surface area contributed by atoms with E-state index in [1.54, 1.807) is 10.8 Å². The van der Waals surface area contributed by atoms with Gasteiger partial charge in [0.2, 0.25) is 0 Å². The lowest BCUT2D eigenvalue weighted by atomic mass is 10.2. The van der Waals surface area contributed by atoms with E-state index in [1.165, 1.54) is 25.7 Å². The molecule has 0 aromatic carbocycles. The SMILES string of the molecule is C=CCn1cc(CN=C(N)NC2CCCC2)nn1.I. The molecule has 19 heavy (non-hydrogen) atoms. The van der Waals surface area contributed by atoms with Crippen molar-refractivity contribution in [3.63, 3.8) is 0 Å². The van der Waals surface area contributed by atoms with E-state index >= 15 is 0 Å². The van der Waals surface area contributed by atoms with Crippen LogP contribution < -0.4 is 11.1 Å². The van der Waals surface area contributed by atoms with Crippen LogP contribution in [-0.4, -0.2) is 27.0 Å². The second kappa shape index (κ2) is 8.13. The highest BCUT2D eigenvalue weighted by Gasteiger charge is 2.14. The lowest BCUT2D eigenvalue weighted by molar-refractivity contribution is 0.625. The fraction of sp³-hybridized carbons (Fsp3) is 0.583. The molecule has 0 amide bonds. The number of hydrogen-bond donors (Lipinski definition) is 2. The number of allylic oxidation sites excluding steroid dienone is 1. The van der Waals surface area contributed by atoms with Gasteiger partial charge in [0.05, 0.1) is 19.3 Å². The number of aliphatic imine (C=N–C) groups is 1. The van der Waals surface area contributed by atoms with Gasteiger partial charge in [0.25, 0.3) is 0 Å². The maximum atomic E-state index is 5.83. The maximum Gasteiger partial charge on any atom is 0.189 e. The highest BCUT2D eigenvalue weighted by atomic mass is 127. The molecule has 1 aliphatic rings. The Morgan fingerprint density at radius 2 is 2.32 bits per heavy atom. The van der Waals surface area contributed by atoms with E-state index in [2.05, 4.69) is 27.2 Å². The third-order valence-electron chi connectivity index (χ3n) is 3.02. The molecule has 0 aliphatic heterocycles. The van der Waals surface area contributed by atoms with Crippen LogP contribution in [0.25, 0.3) is 0 Å². The Morgan fingerprint density at radius 1 is 1.58 bits per heavy atom. The van der Waals surface area contributed by atoms with Gasteiger partial charge < -0.3 is 11.1 Å². The molecule has 7 heteroatoms. The van der Waals surface area contributed by atoms with Gasteiger partial charge >= 0.3 is 0 Å². The van der Waals surface area contributed by atoms with Crippen molar-refractivity contribution in [3.05, 3.63) is 24.5 Å². The Labute approximate surface area is 130 Å². The minimum atomic E-state index is 0. The molecule has 2 rings (SSSR count). The summed E-state index contributed by atoms with van der Waals surface area (Å²) in [6.07, 6.45) is 8.56. The molecule has 1 saturated carbocycles. The zero-order valence-electron chi connectivity index (χ0n) is 11.0. The average molecular weight is 376 g/mol. The van der Waals surface area contributed by atoms with E-state index < -0.39 is 0 Å². The molecule has 106 valence electrons. The molecule has 1 heterocycles. The number of nitrogens with one attached hydrogen (secondary N) is 1. The van der Waals surface area contributed by atoms with Gasteiger partial charge in [-0.3, -0.25) is 0 Å². The number of aromatic nitrogens is 3. The van der Waals surface area contributed by atoms with E-state index in [-0.39, 0.29) is 24.0 Å². The minimum Gasteiger partial charge on any atom is -0.370 e. The smallest absolute Gasteiger partial charge is 0.189 e. The number of rotatable bonds is 5. The molecule has 6 nitrogen and oxygen atoms in total. The lowest BCUT2D eigenvalue weighted by Crippen LogP contribution is -2.38. The second-order valence-electron chi connectivity index (χ2n) is 4.55. The first-order chi connectivity index (χ1) is 8.78. The van der Waals surface area contributed by atoms with Crippen LogP contribution in [-0.2, 0) is 13.1 Å². The molecule has 1 aliphatic carbocycles. The number of halogens is 1. The van der Waals surface area contributed by atoms with Crippen molar-refractivity contribution in [1.29, 1.82) is 0 Å². The normalized spacial score (nSPS) is 16.1. The fourth-order valence-electron chi connectivity index (χ4n) is 2.12. The van der Waals surface area contributed by atoms with Gasteiger partial charge in [-0.25, -0.2) is 9.67 Å². The number of nitrogens with zero attached hydrogens (tertiary/aromatic N) is 4.